The zero-order valence-corrected chi connectivity index (χ0v) is 15.7. The van der Waals surface area contributed by atoms with Gasteiger partial charge in [-0.1, -0.05) is 0 Å². The summed E-state index contributed by atoms with van der Waals surface area (Å²) in [5.41, 5.74) is 2.43. The lowest BCUT2D eigenvalue weighted by Crippen LogP contribution is -2.30. The predicted octanol–water partition coefficient (Wildman–Crippen LogP) is 1.79. The molecule has 3 heterocycles. The van der Waals surface area contributed by atoms with E-state index < -0.39 is 18.0 Å². The van der Waals surface area contributed by atoms with Crippen LogP contribution in [0.2, 0.25) is 0 Å². The van der Waals surface area contributed by atoms with E-state index in [-0.39, 0.29) is 6.42 Å². The summed E-state index contributed by atoms with van der Waals surface area (Å²) in [6, 6.07) is 3.59. The fourth-order valence-electron chi connectivity index (χ4n) is 2.56. The van der Waals surface area contributed by atoms with Gasteiger partial charge in [-0.3, -0.25) is 9.59 Å². The smallest absolute Gasteiger partial charge is 0.311 e. The van der Waals surface area contributed by atoms with Gasteiger partial charge in [0.2, 0.25) is 0 Å². The quantitative estimate of drug-likeness (QED) is 0.665. The van der Waals surface area contributed by atoms with Gasteiger partial charge in [0, 0.05) is 17.0 Å². The lowest BCUT2D eigenvalue weighted by atomic mass is 10.1. The van der Waals surface area contributed by atoms with Gasteiger partial charge in [-0.15, -0.1) is 11.3 Å². The van der Waals surface area contributed by atoms with Crippen LogP contribution in [0.3, 0.4) is 0 Å². The standard InChI is InChI=1S/C17H16N6O3S/c1-9-13(10(2)23-17(21-9)19-8-20-23)6-14(24)26-11(3)15(25)22-16-12(7-18)4-5-27-16/h4-5,8,11H,6H2,1-3H3,(H,22,25)/t11-/m1/s1. The number of nitrogens with zero attached hydrogens (tertiary/aromatic N) is 5. The van der Waals surface area contributed by atoms with Gasteiger partial charge in [-0.05, 0) is 32.2 Å². The summed E-state index contributed by atoms with van der Waals surface area (Å²) in [7, 11) is 0. The van der Waals surface area contributed by atoms with E-state index in [1.165, 1.54) is 24.6 Å². The highest BCUT2D eigenvalue weighted by molar-refractivity contribution is 7.14. The third-order valence-corrected chi connectivity index (χ3v) is 4.84. The number of hydrogen-bond donors (Lipinski definition) is 1. The van der Waals surface area contributed by atoms with E-state index in [0.29, 0.717) is 27.6 Å². The number of carbonyl (C=O) groups excluding carboxylic acids is 2. The van der Waals surface area contributed by atoms with E-state index in [1.807, 2.05) is 13.0 Å². The van der Waals surface area contributed by atoms with Gasteiger partial charge in [-0.25, -0.2) is 9.50 Å². The van der Waals surface area contributed by atoms with E-state index in [4.69, 9.17) is 10.00 Å². The van der Waals surface area contributed by atoms with Gasteiger partial charge in [-0.2, -0.15) is 15.3 Å². The highest BCUT2D eigenvalue weighted by Gasteiger charge is 2.21. The number of aromatic nitrogens is 4. The summed E-state index contributed by atoms with van der Waals surface area (Å²) in [6.45, 7) is 5.07. The third-order valence-electron chi connectivity index (χ3n) is 4.01. The number of thiophene rings is 1. The molecule has 1 amide bonds. The number of amides is 1. The van der Waals surface area contributed by atoms with Crippen molar-refractivity contribution in [3.8, 4) is 6.07 Å². The molecule has 0 aromatic carbocycles. The first-order valence-electron chi connectivity index (χ1n) is 8.04. The molecule has 0 saturated carbocycles. The largest absolute Gasteiger partial charge is 0.452 e. The molecule has 0 aliphatic rings. The van der Waals surface area contributed by atoms with E-state index in [2.05, 4.69) is 20.4 Å². The van der Waals surface area contributed by atoms with Gasteiger partial charge < -0.3 is 10.1 Å². The van der Waals surface area contributed by atoms with Crippen molar-refractivity contribution in [3.05, 3.63) is 40.3 Å². The topological polar surface area (TPSA) is 122 Å². The van der Waals surface area contributed by atoms with Gasteiger partial charge in [0.25, 0.3) is 11.7 Å². The maximum absolute atomic E-state index is 12.3. The molecule has 138 valence electrons. The molecule has 0 spiro atoms. The minimum atomic E-state index is -1.00. The first kappa shape index (κ1) is 18.5. The number of rotatable bonds is 5. The Hall–Kier alpha value is -3.32. The monoisotopic (exact) mass is 384 g/mol. The molecule has 10 heteroatoms. The van der Waals surface area contributed by atoms with Crippen molar-refractivity contribution < 1.29 is 14.3 Å². The summed E-state index contributed by atoms with van der Waals surface area (Å²) in [6.07, 6.45) is 0.346. The number of nitriles is 1. The molecule has 1 atom stereocenters. The summed E-state index contributed by atoms with van der Waals surface area (Å²) >= 11 is 1.23. The number of anilines is 1. The zero-order chi connectivity index (χ0) is 19.6. The maximum atomic E-state index is 12.3. The summed E-state index contributed by atoms with van der Waals surface area (Å²) < 4.78 is 6.79. The average Bonchev–Trinajstić information content (AvgIpc) is 3.27. The molecule has 0 saturated heterocycles. The Morgan fingerprint density at radius 3 is 2.96 bits per heavy atom. The van der Waals surface area contributed by atoms with Crippen LogP contribution >= 0.6 is 11.3 Å². The second-order valence-corrected chi connectivity index (χ2v) is 6.72. The molecule has 0 bridgehead atoms. The molecular weight excluding hydrogens is 368 g/mol. The van der Waals surface area contributed by atoms with Gasteiger partial charge in [0.15, 0.2) is 6.10 Å². The number of nitrogens with one attached hydrogen (secondary N) is 1. The van der Waals surface area contributed by atoms with Crippen LogP contribution in [0.25, 0.3) is 5.78 Å². The van der Waals surface area contributed by atoms with Crippen LogP contribution in [0.1, 0.15) is 29.4 Å². The van der Waals surface area contributed by atoms with Gasteiger partial charge in [0.05, 0.1) is 12.0 Å². The van der Waals surface area contributed by atoms with Crippen molar-refractivity contribution in [1.29, 1.82) is 5.26 Å². The zero-order valence-electron chi connectivity index (χ0n) is 14.9. The number of aryl methyl sites for hydroxylation is 2. The first-order valence-corrected chi connectivity index (χ1v) is 8.92. The van der Waals surface area contributed by atoms with Crippen LogP contribution < -0.4 is 5.32 Å². The van der Waals surface area contributed by atoms with Gasteiger partial charge in [0.1, 0.15) is 17.4 Å². The molecule has 0 aliphatic heterocycles. The summed E-state index contributed by atoms with van der Waals surface area (Å²) in [4.78, 5) is 32.9. The molecule has 9 nitrogen and oxygen atoms in total. The number of ether oxygens (including phenoxy) is 1. The Morgan fingerprint density at radius 1 is 1.44 bits per heavy atom. The molecule has 0 radical (unpaired) electrons. The Kier molecular flexibility index (Phi) is 5.14. The molecular formula is C17H16N6O3S. The highest BCUT2D eigenvalue weighted by atomic mass is 32.1. The van der Waals surface area contributed by atoms with Crippen LogP contribution in [0, 0.1) is 25.2 Å². The fraction of sp³-hybridized carbons (Fsp3) is 0.294. The Labute approximate surface area is 158 Å². The number of carbonyl (C=O) groups is 2. The maximum Gasteiger partial charge on any atom is 0.311 e. The molecule has 27 heavy (non-hydrogen) atoms. The number of hydrogen-bond acceptors (Lipinski definition) is 8. The molecule has 3 rings (SSSR count). The molecule has 3 aromatic heterocycles. The van der Waals surface area contributed by atoms with Crippen LogP contribution in [0.4, 0.5) is 5.00 Å². The normalized spacial score (nSPS) is 11.8. The first-order chi connectivity index (χ1) is 12.9. The fourth-order valence-corrected chi connectivity index (χ4v) is 3.30. The van der Waals surface area contributed by atoms with Crippen molar-refractivity contribution in [2.45, 2.75) is 33.3 Å². The Bertz CT molecular complexity index is 1060. The minimum Gasteiger partial charge on any atom is -0.452 e. The molecule has 1 N–H and O–H groups in total. The predicted molar refractivity (Wildman–Crippen MR) is 97.2 cm³/mol. The highest BCUT2D eigenvalue weighted by Crippen LogP contribution is 2.22. The minimum absolute atomic E-state index is 0.0411. The van der Waals surface area contributed by atoms with Crippen LogP contribution in [-0.4, -0.2) is 37.6 Å². The van der Waals surface area contributed by atoms with Crippen molar-refractivity contribution in [2.75, 3.05) is 5.32 Å². The lowest BCUT2D eigenvalue weighted by Gasteiger charge is -2.14. The lowest BCUT2D eigenvalue weighted by molar-refractivity contribution is -0.152. The Balaban J connectivity index is 1.67. The molecule has 3 aromatic rings. The van der Waals surface area contributed by atoms with Crippen LogP contribution in [0.15, 0.2) is 17.8 Å². The van der Waals surface area contributed by atoms with Crippen molar-refractivity contribution in [1.82, 2.24) is 19.6 Å². The second kappa shape index (κ2) is 7.51. The summed E-state index contributed by atoms with van der Waals surface area (Å²) in [5, 5.41) is 17.8. The second-order valence-electron chi connectivity index (χ2n) is 5.81. The third kappa shape index (κ3) is 3.78. The average molecular weight is 384 g/mol. The van der Waals surface area contributed by atoms with Crippen molar-refractivity contribution in [3.63, 3.8) is 0 Å². The van der Waals surface area contributed by atoms with Crippen LogP contribution in [0.5, 0.6) is 0 Å². The molecule has 0 unspecified atom stereocenters. The van der Waals surface area contributed by atoms with E-state index in [1.54, 1.807) is 22.9 Å². The molecule has 0 fully saturated rings. The van der Waals surface area contributed by atoms with E-state index in [9.17, 15) is 9.59 Å². The SMILES string of the molecule is Cc1nc2ncnn2c(C)c1CC(=O)O[C@H](C)C(=O)Nc1sccc1C#N. The van der Waals surface area contributed by atoms with Crippen molar-refractivity contribution >= 4 is 34.0 Å². The number of esters is 1. The Morgan fingerprint density at radius 2 is 2.22 bits per heavy atom. The summed E-state index contributed by atoms with van der Waals surface area (Å²) in [5.74, 6) is -0.600. The number of fused-ring (bicyclic) bond motifs is 1. The van der Waals surface area contributed by atoms with E-state index >= 15 is 0 Å². The van der Waals surface area contributed by atoms with E-state index in [0.717, 1.165) is 5.69 Å². The van der Waals surface area contributed by atoms with Gasteiger partial charge >= 0.3 is 5.97 Å². The van der Waals surface area contributed by atoms with Crippen LogP contribution in [-0.2, 0) is 20.7 Å². The van der Waals surface area contributed by atoms with Crippen molar-refractivity contribution in [2.24, 2.45) is 0 Å². The molecule has 0 aliphatic carbocycles.